The number of fused-ring (bicyclic) bond motifs is 1. The minimum Gasteiger partial charge on any atom is -0.484 e. The summed E-state index contributed by atoms with van der Waals surface area (Å²) in [4.78, 5) is 28.9. The van der Waals surface area contributed by atoms with E-state index in [1.54, 1.807) is 53.4 Å². The summed E-state index contributed by atoms with van der Waals surface area (Å²) in [7, 11) is 0. The van der Waals surface area contributed by atoms with Crippen molar-refractivity contribution in [2.45, 2.75) is 20.0 Å². The number of nitrogens with one attached hydrogen (secondary N) is 1. The Bertz CT molecular complexity index is 1320. The van der Waals surface area contributed by atoms with Crippen LogP contribution in [0.15, 0.2) is 77.9 Å². The molecule has 0 atom stereocenters. The van der Waals surface area contributed by atoms with Gasteiger partial charge in [-0.3, -0.25) is 14.6 Å². The van der Waals surface area contributed by atoms with E-state index >= 15 is 0 Å². The van der Waals surface area contributed by atoms with Crippen LogP contribution in [0.4, 0.5) is 4.39 Å². The third-order valence-electron chi connectivity index (χ3n) is 5.10. The van der Waals surface area contributed by atoms with Gasteiger partial charge in [0.1, 0.15) is 11.6 Å². The van der Waals surface area contributed by atoms with E-state index in [9.17, 15) is 14.0 Å². The zero-order chi connectivity index (χ0) is 22.5. The van der Waals surface area contributed by atoms with Crippen LogP contribution in [0.25, 0.3) is 10.9 Å². The Hall–Kier alpha value is -4.00. The molecule has 0 radical (unpaired) electrons. The summed E-state index contributed by atoms with van der Waals surface area (Å²) in [6.45, 7) is 2.29. The molecule has 0 spiro atoms. The molecule has 0 bridgehead atoms. The summed E-state index contributed by atoms with van der Waals surface area (Å²) in [6, 6.07) is 16.8. The monoisotopic (exact) mass is 431 g/mol. The minimum absolute atomic E-state index is 0.161. The first kappa shape index (κ1) is 21.2. The van der Waals surface area contributed by atoms with E-state index in [2.05, 4.69) is 10.3 Å². The molecule has 0 aliphatic heterocycles. The van der Waals surface area contributed by atoms with Crippen LogP contribution >= 0.6 is 0 Å². The lowest BCUT2D eigenvalue weighted by Gasteiger charge is -2.14. The lowest BCUT2D eigenvalue weighted by molar-refractivity contribution is -0.123. The van der Waals surface area contributed by atoms with Gasteiger partial charge in [0.05, 0.1) is 12.1 Å². The van der Waals surface area contributed by atoms with Crippen molar-refractivity contribution in [3.8, 4) is 5.75 Å². The molecule has 32 heavy (non-hydrogen) atoms. The molecule has 2 heterocycles. The number of halogens is 1. The Morgan fingerprint density at radius 2 is 1.94 bits per heavy atom. The fraction of sp³-hybridized carbons (Fsp3) is 0.160. The number of carbonyl (C=O) groups excluding carboxylic acids is 1. The van der Waals surface area contributed by atoms with E-state index in [4.69, 9.17) is 4.74 Å². The van der Waals surface area contributed by atoms with Crippen LogP contribution in [0, 0.1) is 12.7 Å². The highest BCUT2D eigenvalue weighted by atomic mass is 19.1. The van der Waals surface area contributed by atoms with E-state index in [0.717, 1.165) is 16.5 Å². The predicted molar refractivity (Wildman–Crippen MR) is 120 cm³/mol. The largest absolute Gasteiger partial charge is 0.484 e. The molecule has 6 nitrogen and oxygen atoms in total. The van der Waals surface area contributed by atoms with E-state index in [0.29, 0.717) is 23.4 Å². The minimum atomic E-state index is -0.353. The maximum Gasteiger partial charge on any atom is 0.258 e. The highest BCUT2D eigenvalue weighted by Crippen LogP contribution is 2.23. The summed E-state index contributed by atoms with van der Waals surface area (Å²) < 4.78 is 20.9. The van der Waals surface area contributed by atoms with E-state index in [1.165, 1.54) is 12.1 Å². The summed E-state index contributed by atoms with van der Waals surface area (Å²) in [6.07, 6.45) is 3.36. The van der Waals surface area contributed by atoms with Gasteiger partial charge >= 0.3 is 0 Å². The molecule has 7 heteroatoms. The van der Waals surface area contributed by atoms with Crippen molar-refractivity contribution in [3.63, 3.8) is 0 Å². The third kappa shape index (κ3) is 5.00. The molecule has 0 fully saturated rings. The molecule has 2 aromatic carbocycles. The highest BCUT2D eigenvalue weighted by Gasteiger charge is 2.10. The zero-order valence-electron chi connectivity index (χ0n) is 17.5. The SMILES string of the molecule is Cc1cc(=O)n(Cc2cccc(F)c2)c2cc(OCC(=O)NCc3cccnc3)ccc12. The fourth-order valence-corrected chi connectivity index (χ4v) is 3.50. The Balaban J connectivity index is 1.53. The van der Waals surface area contributed by atoms with Crippen LogP contribution in [-0.2, 0) is 17.9 Å². The van der Waals surface area contributed by atoms with Gasteiger partial charge in [-0.2, -0.15) is 0 Å². The zero-order valence-corrected chi connectivity index (χ0v) is 17.5. The van der Waals surface area contributed by atoms with Crippen molar-refractivity contribution in [2.75, 3.05) is 6.61 Å². The number of hydrogen-bond donors (Lipinski definition) is 1. The molecule has 0 unspecified atom stereocenters. The summed E-state index contributed by atoms with van der Waals surface area (Å²) in [5.74, 6) is -0.157. The van der Waals surface area contributed by atoms with Crippen LogP contribution in [0.5, 0.6) is 5.75 Å². The number of hydrogen-bond acceptors (Lipinski definition) is 4. The first-order valence-corrected chi connectivity index (χ1v) is 10.2. The van der Waals surface area contributed by atoms with Crippen LogP contribution in [0.3, 0.4) is 0 Å². The topological polar surface area (TPSA) is 73.2 Å². The fourth-order valence-electron chi connectivity index (χ4n) is 3.50. The molecule has 1 N–H and O–H groups in total. The molecular formula is C25H22FN3O3. The Morgan fingerprint density at radius 3 is 2.72 bits per heavy atom. The summed E-state index contributed by atoms with van der Waals surface area (Å²) >= 11 is 0. The Morgan fingerprint density at radius 1 is 1.09 bits per heavy atom. The first-order chi connectivity index (χ1) is 15.5. The number of aryl methyl sites for hydroxylation is 1. The Labute approximate surface area is 184 Å². The first-order valence-electron chi connectivity index (χ1n) is 10.2. The van der Waals surface area contributed by atoms with Gasteiger partial charge in [0.25, 0.3) is 11.5 Å². The van der Waals surface area contributed by atoms with Gasteiger partial charge in [0.15, 0.2) is 6.61 Å². The van der Waals surface area contributed by atoms with Crippen molar-refractivity contribution in [1.29, 1.82) is 0 Å². The molecule has 0 saturated heterocycles. The van der Waals surface area contributed by atoms with E-state index < -0.39 is 0 Å². The molecule has 1 amide bonds. The van der Waals surface area contributed by atoms with E-state index in [-0.39, 0.29) is 30.4 Å². The van der Waals surface area contributed by atoms with Gasteiger partial charge in [-0.05, 0) is 53.9 Å². The number of nitrogens with zero attached hydrogens (tertiary/aromatic N) is 2. The maximum absolute atomic E-state index is 13.6. The number of rotatable bonds is 7. The molecule has 0 aliphatic rings. The molecule has 0 saturated carbocycles. The van der Waals surface area contributed by atoms with Gasteiger partial charge in [-0.15, -0.1) is 0 Å². The van der Waals surface area contributed by atoms with Crippen molar-refractivity contribution in [3.05, 3.63) is 106 Å². The number of ether oxygens (including phenoxy) is 1. The highest BCUT2D eigenvalue weighted by molar-refractivity contribution is 5.84. The van der Waals surface area contributed by atoms with Gasteiger partial charge < -0.3 is 14.6 Å². The van der Waals surface area contributed by atoms with Crippen LogP contribution < -0.4 is 15.6 Å². The van der Waals surface area contributed by atoms with Crippen molar-refractivity contribution in [1.82, 2.24) is 14.9 Å². The lowest BCUT2D eigenvalue weighted by atomic mass is 10.1. The maximum atomic E-state index is 13.6. The standard InChI is InChI=1S/C25H22FN3O3/c1-17-10-25(31)29(15-18-4-2-6-20(26)11-18)23-12-21(7-8-22(17)23)32-16-24(30)28-14-19-5-3-9-27-13-19/h2-13H,14-16H2,1H3,(H,28,30). The van der Waals surface area contributed by atoms with Gasteiger partial charge in [-0.25, -0.2) is 4.39 Å². The van der Waals surface area contributed by atoms with Crippen LogP contribution in [0.2, 0.25) is 0 Å². The Kier molecular flexibility index (Phi) is 6.26. The van der Waals surface area contributed by atoms with Gasteiger partial charge in [0.2, 0.25) is 0 Å². The molecule has 162 valence electrons. The number of pyridine rings is 2. The predicted octanol–water partition coefficient (Wildman–Crippen LogP) is 3.59. The van der Waals surface area contributed by atoms with Crippen molar-refractivity contribution < 1.29 is 13.9 Å². The second-order valence-corrected chi connectivity index (χ2v) is 7.49. The molecule has 0 aliphatic carbocycles. The van der Waals surface area contributed by atoms with Gasteiger partial charge in [-0.1, -0.05) is 18.2 Å². The van der Waals surface area contributed by atoms with Crippen LogP contribution in [-0.4, -0.2) is 22.1 Å². The summed E-state index contributed by atoms with van der Waals surface area (Å²) in [5, 5.41) is 3.66. The second kappa shape index (κ2) is 9.43. The number of amides is 1. The number of carbonyl (C=O) groups is 1. The average Bonchev–Trinajstić information content (AvgIpc) is 2.79. The lowest BCUT2D eigenvalue weighted by Crippen LogP contribution is -2.28. The van der Waals surface area contributed by atoms with Gasteiger partial charge in [0, 0.05) is 36.5 Å². The molecule has 2 aromatic heterocycles. The van der Waals surface area contributed by atoms with E-state index in [1.807, 2.05) is 19.1 Å². The van der Waals surface area contributed by atoms with Crippen molar-refractivity contribution in [2.24, 2.45) is 0 Å². The van der Waals surface area contributed by atoms with Crippen LogP contribution in [0.1, 0.15) is 16.7 Å². The average molecular weight is 431 g/mol. The smallest absolute Gasteiger partial charge is 0.258 e. The number of benzene rings is 2. The quantitative estimate of drug-likeness (QED) is 0.485. The normalized spacial score (nSPS) is 10.8. The summed E-state index contributed by atoms with van der Waals surface area (Å²) in [5.41, 5.74) is 2.88. The molecular weight excluding hydrogens is 409 g/mol. The molecule has 4 aromatic rings. The van der Waals surface area contributed by atoms with Crippen molar-refractivity contribution >= 4 is 16.8 Å². The third-order valence-corrected chi connectivity index (χ3v) is 5.10. The second-order valence-electron chi connectivity index (χ2n) is 7.49. The number of aromatic nitrogens is 2. The molecule has 4 rings (SSSR count).